The van der Waals surface area contributed by atoms with Crippen LogP contribution in [0.1, 0.15) is 11.3 Å². The summed E-state index contributed by atoms with van der Waals surface area (Å²) in [6.07, 6.45) is 0. The van der Waals surface area contributed by atoms with E-state index in [1.807, 2.05) is 12.1 Å². The molecule has 1 heterocycles. The molecule has 0 atom stereocenters. The van der Waals surface area contributed by atoms with Crippen molar-refractivity contribution in [3.05, 3.63) is 34.5 Å². The molecule has 1 N–H and O–H groups in total. The van der Waals surface area contributed by atoms with Gasteiger partial charge in [-0.1, -0.05) is 17.7 Å². The summed E-state index contributed by atoms with van der Waals surface area (Å²) in [4.78, 5) is 5.51. The minimum Gasteiger partial charge on any atom is -0.358 e. The first kappa shape index (κ1) is 10.5. The molecule has 0 spiro atoms. The fourth-order valence-electron chi connectivity index (χ4n) is 1.91. The smallest absolute Gasteiger partial charge is 0.0503 e. The van der Waals surface area contributed by atoms with Gasteiger partial charge in [-0.25, -0.2) is 0 Å². The van der Waals surface area contributed by atoms with Gasteiger partial charge in [-0.3, -0.25) is 0 Å². The molecule has 0 aliphatic carbocycles. The van der Waals surface area contributed by atoms with Crippen LogP contribution in [0.4, 0.5) is 0 Å². The van der Waals surface area contributed by atoms with Gasteiger partial charge >= 0.3 is 0 Å². The van der Waals surface area contributed by atoms with Crippen LogP contribution in [0, 0.1) is 6.92 Å². The Morgan fingerprint density at radius 1 is 1.33 bits per heavy atom. The van der Waals surface area contributed by atoms with E-state index in [1.165, 1.54) is 11.3 Å². The summed E-state index contributed by atoms with van der Waals surface area (Å²) in [5.41, 5.74) is 3.62. The van der Waals surface area contributed by atoms with Crippen LogP contribution in [-0.2, 0) is 6.54 Å². The summed E-state index contributed by atoms with van der Waals surface area (Å²) in [5, 5.41) is 1.99. The van der Waals surface area contributed by atoms with Crippen molar-refractivity contribution < 1.29 is 0 Å². The van der Waals surface area contributed by atoms with Gasteiger partial charge in [0.25, 0.3) is 0 Å². The average molecular weight is 223 g/mol. The van der Waals surface area contributed by atoms with Crippen molar-refractivity contribution in [2.75, 3.05) is 14.1 Å². The molecule has 0 aliphatic rings. The molecule has 0 saturated heterocycles. The number of aromatic nitrogens is 1. The highest BCUT2D eigenvalue weighted by atomic mass is 35.5. The van der Waals surface area contributed by atoms with Crippen molar-refractivity contribution in [3.8, 4) is 0 Å². The Morgan fingerprint density at radius 2 is 2.07 bits per heavy atom. The van der Waals surface area contributed by atoms with E-state index in [0.717, 1.165) is 22.5 Å². The van der Waals surface area contributed by atoms with Crippen molar-refractivity contribution in [1.82, 2.24) is 9.88 Å². The Labute approximate surface area is 94.8 Å². The van der Waals surface area contributed by atoms with E-state index in [4.69, 9.17) is 11.6 Å². The van der Waals surface area contributed by atoms with Gasteiger partial charge in [0, 0.05) is 23.1 Å². The predicted octanol–water partition coefficient (Wildman–Crippen LogP) is 3.19. The molecule has 1 aromatic carbocycles. The number of aromatic amines is 1. The van der Waals surface area contributed by atoms with Crippen LogP contribution in [0.2, 0.25) is 5.02 Å². The Bertz CT molecular complexity index is 486. The van der Waals surface area contributed by atoms with E-state index < -0.39 is 0 Å². The standard InChI is InChI=1S/C12H15ClN2/c1-8-9(7-15(2)3)12-10(13)5-4-6-11(12)14-8/h4-6,14H,7H2,1-3H3. The van der Waals surface area contributed by atoms with Crippen molar-refractivity contribution in [2.24, 2.45) is 0 Å². The lowest BCUT2D eigenvalue weighted by Gasteiger charge is -2.10. The van der Waals surface area contributed by atoms with Crippen molar-refractivity contribution >= 4 is 22.5 Å². The van der Waals surface area contributed by atoms with E-state index in [-0.39, 0.29) is 0 Å². The summed E-state index contributed by atoms with van der Waals surface area (Å²) in [6, 6.07) is 5.98. The number of H-pyrrole nitrogens is 1. The molecular formula is C12H15ClN2. The molecule has 2 aromatic rings. The topological polar surface area (TPSA) is 19.0 Å². The second kappa shape index (κ2) is 3.87. The molecule has 0 unspecified atom stereocenters. The third-order valence-electron chi connectivity index (χ3n) is 2.56. The zero-order valence-electron chi connectivity index (χ0n) is 9.26. The van der Waals surface area contributed by atoms with Crippen molar-refractivity contribution in [1.29, 1.82) is 0 Å². The molecule has 15 heavy (non-hydrogen) atoms. The van der Waals surface area contributed by atoms with Gasteiger partial charge in [0.1, 0.15) is 0 Å². The Morgan fingerprint density at radius 3 is 2.73 bits per heavy atom. The third-order valence-corrected chi connectivity index (χ3v) is 2.88. The first-order valence-electron chi connectivity index (χ1n) is 5.00. The van der Waals surface area contributed by atoms with E-state index in [9.17, 15) is 0 Å². The maximum atomic E-state index is 6.22. The number of hydrogen-bond acceptors (Lipinski definition) is 1. The molecule has 0 amide bonds. The van der Waals surface area contributed by atoms with Crippen LogP contribution in [0.25, 0.3) is 10.9 Å². The molecule has 0 saturated carbocycles. The summed E-state index contributed by atoms with van der Waals surface area (Å²) in [6.45, 7) is 3.00. The molecule has 0 bridgehead atoms. The SMILES string of the molecule is Cc1[nH]c2cccc(Cl)c2c1CN(C)C. The van der Waals surface area contributed by atoms with Crippen LogP contribution >= 0.6 is 11.6 Å². The molecule has 80 valence electrons. The van der Waals surface area contributed by atoms with Crippen LogP contribution < -0.4 is 0 Å². The van der Waals surface area contributed by atoms with Gasteiger partial charge in [-0.2, -0.15) is 0 Å². The maximum absolute atomic E-state index is 6.22. The monoisotopic (exact) mass is 222 g/mol. The second-order valence-electron chi connectivity index (χ2n) is 4.13. The normalized spacial score (nSPS) is 11.5. The quantitative estimate of drug-likeness (QED) is 0.827. The lowest BCUT2D eigenvalue weighted by molar-refractivity contribution is 0.403. The highest BCUT2D eigenvalue weighted by molar-refractivity contribution is 6.35. The maximum Gasteiger partial charge on any atom is 0.0503 e. The minimum absolute atomic E-state index is 0.828. The van der Waals surface area contributed by atoms with E-state index in [2.05, 4.69) is 37.0 Å². The van der Waals surface area contributed by atoms with Crippen LogP contribution in [0.5, 0.6) is 0 Å². The fourth-order valence-corrected chi connectivity index (χ4v) is 2.20. The Kier molecular flexibility index (Phi) is 2.72. The largest absolute Gasteiger partial charge is 0.358 e. The minimum atomic E-state index is 0.828. The van der Waals surface area contributed by atoms with E-state index in [1.54, 1.807) is 0 Å². The number of benzene rings is 1. The Hall–Kier alpha value is -0.990. The van der Waals surface area contributed by atoms with Crippen molar-refractivity contribution in [3.63, 3.8) is 0 Å². The zero-order chi connectivity index (χ0) is 11.0. The number of nitrogens with zero attached hydrogens (tertiary/aromatic N) is 1. The molecule has 0 fully saturated rings. The Balaban J connectivity index is 2.65. The molecule has 3 heteroatoms. The summed E-state index contributed by atoms with van der Waals surface area (Å²) >= 11 is 6.22. The second-order valence-corrected chi connectivity index (χ2v) is 4.54. The molecule has 1 aromatic heterocycles. The molecule has 2 nitrogen and oxygen atoms in total. The molecule has 0 radical (unpaired) electrons. The van der Waals surface area contributed by atoms with Crippen LogP contribution in [0.15, 0.2) is 18.2 Å². The third kappa shape index (κ3) is 1.87. The lowest BCUT2D eigenvalue weighted by atomic mass is 10.1. The number of aryl methyl sites for hydroxylation is 1. The van der Waals surface area contributed by atoms with Crippen LogP contribution in [-0.4, -0.2) is 24.0 Å². The van der Waals surface area contributed by atoms with Gasteiger partial charge in [0.15, 0.2) is 0 Å². The van der Waals surface area contributed by atoms with Gasteiger partial charge in [0.2, 0.25) is 0 Å². The summed E-state index contributed by atoms with van der Waals surface area (Å²) in [7, 11) is 4.13. The molecular weight excluding hydrogens is 208 g/mol. The van der Waals surface area contributed by atoms with E-state index >= 15 is 0 Å². The lowest BCUT2D eigenvalue weighted by Crippen LogP contribution is -2.11. The van der Waals surface area contributed by atoms with Crippen LogP contribution in [0.3, 0.4) is 0 Å². The average Bonchev–Trinajstić information content (AvgIpc) is 2.43. The first-order chi connectivity index (χ1) is 7.09. The first-order valence-corrected chi connectivity index (χ1v) is 5.38. The van der Waals surface area contributed by atoms with Gasteiger partial charge in [-0.05, 0) is 38.7 Å². The van der Waals surface area contributed by atoms with Gasteiger partial charge in [0.05, 0.1) is 5.02 Å². The molecule has 0 aliphatic heterocycles. The number of fused-ring (bicyclic) bond motifs is 1. The highest BCUT2D eigenvalue weighted by Gasteiger charge is 2.11. The van der Waals surface area contributed by atoms with Gasteiger partial charge < -0.3 is 9.88 Å². The van der Waals surface area contributed by atoms with Gasteiger partial charge in [-0.15, -0.1) is 0 Å². The number of nitrogens with one attached hydrogen (secondary N) is 1. The number of halogens is 1. The number of rotatable bonds is 2. The van der Waals surface area contributed by atoms with Crippen molar-refractivity contribution in [2.45, 2.75) is 13.5 Å². The predicted molar refractivity (Wildman–Crippen MR) is 65.4 cm³/mol. The van der Waals surface area contributed by atoms with E-state index in [0.29, 0.717) is 0 Å². The number of hydrogen-bond donors (Lipinski definition) is 1. The zero-order valence-corrected chi connectivity index (χ0v) is 10.0. The fraction of sp³-hybridized carbons (Fsp3) is 0.333. The molecule has 2 rings (SSSR count). The summed E-state index contributed by atoms with van der Waals surface area (Å²) in [5.74, 6) is 0. The summed E-state index contributed by atoms with van der Waals surface area (Å²) < 4.78 is 0. The highest BCUT2D eigenvalue weighted by Crippen LogP contribution is 2.29.